The molecule has 0 amide bonds. The van der Waals surface area contributed by atoms with Gasteiger partial charge in [-0.3, -0.25) is 0 Å². The van der Waals surface area contributed by atoms with Crippen molar-refractivity contribution in [1.82, 2.24) is 0 Å². The third kappa shape index (κ3) is 25.6. The summed E-state index contributed by atoms with van der Waals surface area (Å²) in [7, 11) is 2.06. The molecule has 0 rings (SSSR count). The van der Waals surface area contributed by atoms with E-state index in [9.17, 15) is 0 Å². The quantitative estimate of drug-likeness (QED) is 0.118. The van der Waals surface area contributed by atoms with Crippen LogP contribution in [0.15, 0.2) is 0 Å². The summed E-state index contributed by atoms with van der Waals surface area (Å²) in [5, 5.41) is 8.25. The number of hydrogen-bond acceptors (Lipinski definition) is 2. The average molecular weight is 412 g/mol. The van der Waals surface area contributed by atoms with Crippen molar-refractivity contribution in [3.05, 3.63) is 0 Å². The van der Waals surface area contributed by atoms with Crippen molar-refractivity contribution < 1.29 is 14.2 Å². The fourth-order valence-corrected chi connectivity index (χ4v) is 4.16. The molecule has 29 heavy (non-hydrogen) atoms. The van der Waals surface area contributed by atoms with Crippen LogP contribution in [0.25, 0.3) is 0 Å². The first-order valence-corrected chi connectivity index (χ1v) is 13.0. The van der Waals surface area contributed by atoms with Crippen LogP contribution in [0.1, 0.15) is 136 Å². The van der Waals surface area contributed by atoms with Gasteiger partial charge in [0.05, 0.1) is 26.7 Å². The first-order chi connectivity index (χ1) is 14.1. The Morgan fingerprint density at radius 1 is 0.517 bits per heavy atom. The van der Waals surface area contributed by atoms with E-state index in [0.717, 1.165) is 0 Å². The SMILES string of the molecule is CCCCCCCC[N+](C)(CCCCCCCC)CCCCCCCC.O=B[O-]. The zero-order chi connectivity index (χ0) is 22.1. The van der Waals surface area contributed by atoms with Gasteiger partial charge in [-0.25, -0.2) is 0 Å². The van der Waals surface area contributed by atoms with Gasteiger partial charge in [0.2, 0.25) is 0 Å². The van der Waals surface area contributed by atoms with Gasteiger partial charge in [0.1, 0.15) is 0 Å². The predicted octanol–water partition coefficient (Wildman–Crippen LogP) is 6.83. The van der Waals surface area contributed by atoms with E-state index >= 15 is 0 Å². The van der Waals surface area contributed by atoms with Gasteiger partial charge in [-0.2, -0.15) is 0 Å². The van der Waals surface area contributed by atoms with Crippen LogP contribution in [0.2, 0.25) is 0 Å². The van der Waals surface area contributed by atoms with Crippen LogP contribution < -0.4 is 5.02 Å². The molecule has 0 N–H and O–H groups in total. The molecule has 0 aliphatic carbocycles. The van der Waals surface area contributed by atoms with Crippen molar-refractivity contribution in [2.75, 3.05) is 26.7 Å². The molecular weight excluding hydrogens is 357 g/mol. The first kappa shape index (κ1) is 30.8. The third-order valence-corrected chi connectivity index (χ3v) is 6.15. The van der Waals surface area contributed by atoms with Crippen LogP contribution in [0.3, 0.4) is 0 Å². The van der Waals surface area contributed by atoms with Crippen LogP contribution in [0.5, 0.6) is 0 Å². The number of hydrogen-bond donors (Lipinski definition) is 0. The molecule has 0 radical (unpaired) electrons. The molecule has 0 aromatic carbocycles. The second-order valence-corrected chi connectivity index (χ2v) is 9.19. The van der Waals surface area contributed by atoms with Crippen LogP contribution >= 0.6 is 0 Å². The number of rotatable bonds is 21. The second-order valence-electron chi connectivity index (χ2n) is 9.19. The minimum absolute atomic E-state index is 0.500. The zero-order valence-electron chi connectivity index (χ0n) is 20.7. The molecule has 174 valence electrons. The van der Waals surface area contributed by atoms with Crippen LogP contribution in [-0.4, -0.2) is 38.5 Å². The van der Waals surface area contributed by atoms with Gasteiger partial charge in [0.15, 0.2) is 0 Å². The van der Waals surface area contributed by atoms with E-state index in [1.165, 1.54) is 140 Å². The third-order valence-electron chi connectivity index (χ3n) is 6.15. The molecular formula is C25H54BNO2. The molecule has 0 saturated heterocycles. The molecule has 0 spiro atoms. The standard InChI is InChI=1S/C25H54N.BO2/c1-5-8-11-14-17-20-23-26(4,24-21-18-15-12-9-6-2)25-22-19-16-13-10-7-3;2-1-3/h5-25H2,1-4H3;/q+1;-1. The Hall–Kier alpha value is -0.375. The van der Waals surface area contributed by atoms with Gasteiger partial charge < -0.3 is 4.48 Å². The predicted molar refractivity (Wildman–Crippen MR) is 127 cm³/mol. The van der Waals surface area contributed by atoms with Gasteiger partial charge in [0.25, 0.3) is 0 Å². The number of quaternary nitrogens is 1. The van der Waals surface area contributed by atoms with E-state index in [4.69, 9.17) is 9.73 Å². The van der Waals surface area contributed by atoms with Gasteiger partial charge in [-0.1, -0.05) is 97.8 Å². The van der Waals surface area contributed by atoms with Crippen molar-refractivity contribution in [3.63, 3.8) is 0 Å². The van der Waals surface area contributed by atoms with Crippen molar-refractivity contribution in [3.8, 4) is 0 Å². The average Bonchev–Trinajstić information content (AvgIpc) is 2.71. The summed E-state index contributed by atoms with van der Waals surface area (Å²) < 4.78 is 9.61. The van der Waals surface area contributed by atoms with E-state index in [-0.39, 0.29) is 0 Å². The van der Waals surface area contributed by atoms with E-state index < -0.39 is 7.35 Å². The molecule has 0 atom stereocenters. The summed E-state index contributed by atoms with van der Waals surface area (Å²) in [5.41, 5.74) is 0. The Morgan fingerprint density at radius 2 is 0.724 bits per heavy atom. The molecule has 0 saturated carbocycles. The Kier molecular flexibility index (Phi) is 27.3. The summed E-state index contributed by atoms with van der Waals surface area (Å²) >= 11 is 0. The van der Waals surface area contributed by atoms with E-state index in [1.807, 2.05) is 0 Å². The monoisotopic (exact) mass is 411 g/mol. The normalized spacial score (nSPS) is 11.0. The topological polar surface area (TPSA) is 40.1 Å². The van der Waals surface area contributed by atoms with Crippen molar-refractivity contribution in [2.45, 2.75) is 136 Å². The summed E-state index contributed by atoms with van der Waals surface area (Å²) in [6.07, 6.45) is 25.9. The van der Waals surface area contributed by atoms with Crippen LogP contribution in [0.4, 0.5) is 0 Å². The molecule has 4 heteroatoms. The Balaban J connectivity index is 0. The Morgan fingerprint density at radius 3 is 0.966 bits per heavy atom. The molecule has 0 aliphatic rings. The van der Waals surface area contributed by atoms with Crippen molar-refractivity contribution in [1.29, 1.82) is 0 Å². The molecule has 0 heterocycles. The minimum atomic E-state index is -0.500. The van der Waals surface area contributed by atoms with E-state index in [2.05, 4.69) is 27.8 Å². The van der Waals surface area contributed by atoms with Gasteiger partial charge in [-0.05, 0) is 38.5 Å². The van der Waals surface area contributed by atoms with E-state index in [0.29, 0.717) is 0 Å². The Bertz CT molecular complexity index is 272. The Labute approximate surface area is 184 Å². The van der Waals surface area contributed by atoms with Crippen molar-refractivity contribution >= 4 is 7.35 Å². The molecule has 3 nitrogen and oxygen atoms in total. The summed E-state index contributed by atoms with van der Waals surface area (Å²) in [5.74, 6) is 0. The maximum absolute atomic E-state index is 8.25. The van der Waals surface area contributed by atoms with Gasteiger partial charge >= 0.3 is 17.1 Å². The van der Waals surface area contributed by atoms with Crippen LogP contribution in [0, 0.1) is 0 Å². The molecule has 0 aliphatic heterocycles. The van der Waals surface area contributed by atoms with Gasteiger partial charge in [0, 0.05) is 0 Å². The molecule has 0 unspecified atom stereocenters. The zero-order valence-corrected chi connectivity index (χ0v) is 20.7. The number of nitrogens with zero attached hydrogens (tertiary/aromatic N) is 1. The van der Waals surface area contributed by atoms with Gasteiger partial charge in [-0.15, -0.1) is 0 Å². The summed E-state index contributed by atoms with van der Waals surface area (Å²) in [6, 6.07) is 0. The molecule has 0 fully saturated rings. The van der Waals surface area contributed by atoms with Crippen molar-refractivity contribution in [2.24, 2.45) is 0 Å². The fourth-order valence-electron chi connectivity index (χ4n) is 4.16. The maximum atomic E-state index is 8.25. The first-order valence-electron chi connectivity index (χ1n) is 13.0. The summed E-state index contributed by atoms with van der Waals surface area (Å²) in [6.45, 7) is 11.2. The number of unbranched alkanes of at least 4 members (excludes halogenated alkanes) is 15. The van der Waals surface area contributed by atoms with E-state index in [1.54, 1.807) is 0 Å². The summed E-state index contributed by atoms with van der Waals surface area (Å²) in [4.78, 5) is 0. The molecule has 0 aromatic heterocycles. The second kappa shape index (κ2) is 25.7. The molecule has 0 aromatic rings. The van der Waals surface area contributed by atoms with Crippen LogP contribution in [-0.2, 0) is 4.70 Å². The fraction of sp³-hybridized carbons (Fsp3) is 1.00. The molecule has 0 bridgehead atoms.